The van der Waals surface area contributed by atoms with Gasteiger partial charge in [0.05, 0.1) is 31.5 Å². The number of nitrogens with one attached hydrogen (secondary N) is 1. The number of piperidine rings is 1. The number of rotatable bonds is 14. The molecule has 0 bridgehead atoms. The van der Waals surface area contributed by atoms with E-state index in [4.69, 9.17) is 28.4 Å². The number of ether oxygens (including phenoxy) is 6. The van der Waals surface area contributed by atoms with E-state index in [9.17, 15) is 19.5 Å². The highest BCUT2D eigenvalue weighted by Crippen LogP contribution is 2.53. The topological polar surface area (TPSA) is 186 Å². The molecular formula is C50H51FN6O10. The number of para-hydroxylation sites is 3. The molecule has 0 radical (unpaired) electrons. The molecule has 3 aliphatic heterocycles. The molecule has 4 atom stereocenters. The summed E-state index contributed by atoms with van der Waals surface area (Å²) in [6, 6.07) is 31.4. The van der Waals surface area contributed by atoms with Crippen molar-refractivity contribution in [2.45, 2.75) is 82.4 Å². The zero-order valence-electron chi connectivity index (χ0n) is 37.5. The molecule has 67 heavy (non-hydrogen) atoms. The minimum absolute atomic E-state index is 0.172. The van der Waals surface area contributed by atoms with Crippen molar-refractivity contribution in [3.05, 3.63) is 138 Å². The number of imidazole rings is 1. The van der Waals surface area contributed by atoms with E-state index in [1.807, 2.05) is 83.8 Å². The molecule has 2 saturated heterocycles. The number of aromatic nitrogens is 4. The molecule has 0 aliphatic carbocycles. The van der Waals surface area contributed by atoms with E-state index < -0.39 is 66.1 Å². The summed E-state index contributed by atoms with van der Waals surface area (Å²) < 4.78 is 57.0. The second-order valence-electron chi connectivity index (χ2n) is 17.8. The average Bonchev–Trinajstić information content (AvgIpc) is 3.91. The van der Waals surface area contributed by atoms with Gasteiger partial charge in [-0.25, -0.2) is 19.3 Å². The highest BCUT2D eigenvalue weighted by atomic mass is 19.1. The number of benzene rings is 4. The van der Waals surface area contributed by atoms with E-state index in [2.05, 4.69) is 20.3 Å². The van der Waals surface area contributed by atoms with Gasteiger partial charge < -0.3 is 43.7 Å². The Hall–Kier alpha value is -6.79. The van der Waals surface area contributed by atoms with Crippen molar-refractivity contribution in [3.8, 4) is 11.5 Å². The first-order chi connectivity index (χ1) is 32.3. The van der Waals surface area contributed by atoms with Crippen LogP contribution in [0, 0.1) is 11.2 Å². The van der Waals surface area contributed by atoms with Gasteiger partial charge in [0.15, 0.2) is 40.7 Å². The summed E-state index contributed by atoms with van der Waals surface area (Å²) in [5, 5.41) is 12.4. The summed E-state index contributed by atoms with van der Waals surface area (Å²) >= 11 is 0. The maximum Gasteiger partial charge on any atom is 0.306 e. The number of halogens is 1. The van der Waals surface area contributed by atoms with Crippen molar-refractivity contribution < 1.29 is 52.3 Å². The molecule has 2 N–H and O–H groups in total. The van der Waals surface area contributed by atoms with E-state index in [-0.39, 0.29) is 48.2 Å². The Bertz CT molecular complexity index is 2730. The lowest BCUT2D eigenvalue weighted by Crippen LogP contribution is -2.52. The first-order valence-electron chi connectivity index (χ1n) is 22.1. The second-order valence-corrected chi connectivity index (χ2v) is 17.8. The molecule has 3 aliphatic rings. The third-order valence-corrected chi connectivity index (χ3v) is 12.5. The minimum atomic E-state index is -1.31. The molecule has 2 aromatic heterocycles. The number of esters is 1. The number of fused-ring (bicyclic) bond motifs is 3. The van der Waals surface area contributed by atoms with Gasteiger partial charge in [-0.1, -0.05) is 99.6 Å². The van der Waals surface area contributed by atoms with E-state index in [1.165, 1.54) is 25.8 Å². The Morgan fingerprint density at radius 3 is 2.16 bits per heavy atom. The third kappa shape index (κ3) is 8.82. The lowest BCUT2D eigenvalue weighted by molar-refractivity contribution is -0.277. The fourth-order valence-corrected chi connectivity index (χ4v) is 8.98. The Balaban J connectivity index is 1.14. The number of methoxy groups -OCH3 is 1. The van der Waals surface area contributed by atoms with E-state index >= 15 is 4.39 Å². The van der Waals surface area contributed by atoms with Crippen LogP contribution in [0.1, 0.15) is 69.4 Å². The minimum Gasteiger partial charge on any atom is -0.481 e. The van der Waals surface area contributed by atoms with Crippen LogP contribution in [0.2, 0.25) is 0 Å². The molecule has 16 nitrogen and oxygen atoms in total. The molecule has 0 spiro atoms. The number of hydrogen-bond acceptors (Lipinski definition) is 13. The predicted octanol–water partition coefficient (Wildman–Crippen LogP) is 7.77. The molecular weight excluding hydrogens is 864 g/mol. The van der Waals surface area contributed by atoms with Crippen molar-refractivity contribution >= 4 is 40.5 Å². The Labute approximate surface area is 386 Å². The number of carboxylic acids is 1. The summed E-state index contributed by atoms with van der Waals surface area (Å²) in [4.78, 5) is 54.2. The largest absolute Gasteiger partial charge is 0.481 e. The fourth-order valence-electron chi connectivity index (χ4n) is 8.98. The van der Waals surface area contributed by atoms with Crippen LogP contribution in [0.5, 0.6) is 11.5 Å². The molecule has 1 amide bonds. The van der Waals surface area contributed by atoms with Crippen molar-refractivity contribution in [1.29, 1.82) is 0 Å². The number of anilines is 2. The zero-order valence-corrected chi connectivity index (χ0v) is 37.5. The zero-order chi connectivity index (χ0) is 46.9. The molecule has 5 heterocycles. The third-order valence-electron chi connectivity index (χ3n) is 12.5. The SMILES string of the molecule is COC1(O[C@@H]2[C@H](OC(=O)CCC(=O)O)[C@@H](COC3(c4ccccc4)c4ccccc4Oc4ccccc43)O[C@H]2n2cnc3c(NC(=O)C(C)(C)C)ncnc32)CCN(c2ccccc2F)CC1. The number of hydrogen-bond donors (Lipinski definition) is 2. The van der Waals surface area contributed by atoms with Crippen LogP contribution in [0.4, 0.5) is 15.9 Å². The molecule has 9 rings (SSSR count). The maximum absolute atomic E-state index is 15.0. The Morgan fingerprint density at radius 2 is 1.51 bits per heavy atom. The number of carbonyl (C=O) groups is 3. The first kappa shape index (κ1) is 45.4. The van der Waals surface area contributed by atoms with Gasteiger partial charge in [-0.05, 0) is 29.8 Å². The van der Waals surface area contributed by atoms with E-state index in [1.54, 1.807) is 43.5 Å². The molecule has 0 saturated carbocycles. The fraction of sp³-hybridized carbons (Fsp3) is 0.360. The van der Waals surface area contributed by atoms with E-state index in [0.29, 0.717) is 30.3 Å². The van der Waals surface area contributed by atoms with Crippen molar-refractivity contribution in [2.75, 3.05) is 37.0 Å². The molecule has 0 unspecified atom stereocenters. The summed E-state index contributed by atoms with van der Waals surface area (Å²) in [5.41, 5.74) is 1.18. The average molecular weight is 915 g/mol. The molecule has 348 valence electrons. The van der Waals surface area contributed by atoms with Crippen LogP contribution in [-0.4, -0.2) is 93.4 Å². The van der Waals surface area contributed by atoms with Crippen molar-refractivity contribution in [1.82, 2.24) is 19.5 Å². The summed E-state index contributed by atoms with van der Waals surface area (Å²) in [6.45, 7) is 5.82. The van der Waals surface area contributed by atoms with Gasteiger partial charge in [-0.15, -0.1) is 0 Å². The van der Waals surface area contributed by atoms with Crippen LogP contribution < -0.4 is 15.0 Å². The van der Waals surface area contributed by atoms with Gasteiger partial charge in [0.25, 0.3) is 0 Å². The highest BCUT2D eigenvalue weighted by molar-refractivity contribution is 5.99. The van der Waals surface area contributed by atoms with Gasteiger partial charge in [-0.2, -0.15) is 0 Å². The highest BCUT2D eigenvalue weighted by Gasteiger charge is 2.55. The number of carboxylic acid groups (broad SMARTS) is 1. The molecule has 17 heteroatoms. The van der Waals surface area contributed by atoms with E-state index in [0.717, 1.165) is 16.7 Å². The number of aliphatic carboxylic acids is 1. The summed E-state index contributed by atoms with van der Waals surface area (Å²) in [6.07, 6.45) is -2.26. The molecule has 2 fully saturated rings. The van der Waals surface area contributed by atoms with Crippen molar-refractivity contribution in [2.24, 2.45) is 5.41 Å². The van der Waals surface area contributed by atoms with Crippen LogP contribution >= 0.6 is 0 Å². The normalized spacial score (nSPS) is 20.6. The monoisotopic (exact) mass is 914 g/mol. The van der Waals surface area contributed by atoms with Crippen LogP contribution in [0.25, 0.3) is 11.2 Å². The Kier molecular flexibility index (Phi) is 12.5. The quantitative estimate of drug-likeness (QED) is 0.0798. The molecule has 4 aromatic carbocycles. The summed E-state index contributed by atoms with van der Waals surface area (Å²) in [7, 11) is 1.52. The number of amides is 1. The van der Waals surface area contributed by atoms with Crippen LogP contribution in [0.15, 0.2) is 116 Å². The van der Waals surface area contributed by atoms with Gasteiger partial charge in [0, 0.05) is 49.6 Å². The lowest BCUT2D eigenvalue weighted by Gasteiger charge is -2.44. The lowest BCUT2D eigenvalue weighted by atomic mass is 9.77. The van der Waals surface area contributed by atoms with Gasteiger partial charge in [-0.3, -0.25) is 19.0 Å². The smallest absolute Gasteiger partial charge is 0.306 e. The first-order valence-corrected chi connectivity index (χ1v) is 22.1. The number of carbonyl (C=O) groups excluding carboxylic acids is 2. The van der Waals surface area contributed by atoms with Gasteiger partial charge in [0.1, 0.15) is 35.9 Å². The van der Waals surface area contributed by atoms with Gasteiger partial charge >= 0.3 is 11.9 Å². The maximum atomic E-state index is 15.0. The van der Waals surface area contributed by atoms with Crippen LogP contribution in [0.3, 0.4) is 0 Å². The second kappa shape index (κ2) is 18.5. The standard InChI is InChI=1S/C50H51FN6O10/c1-48(2,3)47(61)55-44-41-45(53-29-52-44)57(30-54-41)46-43(67-49(62-4)24-26-56(27-25-49)35-19-11-10-18-34(35)51)42(66-40(60)23-22-39(58)59)38(65-46)28-63-50(31-14-6-5-7-15-31)32-16-8-12-20-36(32)64-37-21-13-9-17-33(37)50/h5-21,29-30,38,42-43,46H,22-28H2,1-4H3,(H,58,59)(H,52,53,55,61)/t38-,42-,43-,46-/m1/s1. The van der Waals surface area contributed by atoms with Gasteiger partial charge in [0.2, 0.25) is 5.91 Å². The Morgan fingerprint density at radius 1 is 0.851 bits per heavy atom. The van der Waals surface area contributed by atoms with Crippen molar-refractivity contribution in [3.63, 3.8) is 0 Å². The predicted molar refractivity (Wildman–Crippen MR) is 242 cm³/mol. The molecule has 6 aromatic rings. The summed E-state index contributed by atoms with van der Waals surface area (Å²) in [5.74, 6) is -2.61. The number of nitrogens with zero attached hydrogens (tertiary/aromatic N) is 5. The van der Waals surface area contributed by atoms with Crippen LogP contribution in [-0.2, 0) is 43.7 Å².